The Morgan fingerprint density at radius 3 is 2.78 bits per heavy atom. The van der Waals surface area contributed by atoms with Crippen LogP contribution >= 0.6 is 34.9 Å². The van der Waals surface area contributed by atoms with E-state index in [1.807, 2.05) is 0 Å². The Hall–Kier alpha value is -1.39. The Morgan fingerprint density at radius 2 is 2.09 bits per heavy atom. The number of nitrogens with zero attached hydrogens (tertiary/aromatic N) is 5. The predicted octanol–water partition coefficient (Wildman–Crippen LogP) is 4.28. The van der Waals surface area contributed by atoms with Crippen LogP contribution in [0.15, 0.2) is 21.8 Å². The molecule has 1 saturated carbocycles. The molecule has 0 unspecified atom stereocenters. The molecule has 0 bridgehead atoms. The molecule has 5 nitrogen and oxygen atoms in total. The lowest BCUT2D eigenvalue weighted by Crippen LogP contribution is -2.07. The molecular formula is C12H7ClF3N5S2. The molecule has 0 aliphatic heterocycles. The minimum Gasteiger partial charge on any atom is -0.275 e. The molecular weight excluding hydrogens is 371 g/mol. The summed E-state index contributed by atoms with van der Waals surface area (Å²) in [5.41, 5.74) is -0.679. The number of fused-ring (bicyclic) bond motifs is 1. The minimum absolute atomic E-state index is 0.102. The zero-order valence-corrected chi connectivity index (χ0v) is 13.6. The van der Waals surface area contributed by atoms with E-state index < -0.39 is 11.7 Å². The maximum atomic E-state index is 12.9. The molecule has 3 aromatic heterocycles. The highest BCUT2D eigenvalue weighted by Crippen LogP contribution is 2.40. The first kappa shape index (κ1) is 15.2. The average molecular weight is 378 g/mol. The summed E-state index contributed by atoms with van der Waals surface area (Å²) >= 11 is 8.21. The molecule has 3 aromatic rings. The maximum Gasteiger partial charge on any atom is 0.417 e. The van der Waals surface area contributed by atoms with Gasteiger partial charge in [-0.15, -0.1) is 10.2 Å². The number of pyridine rings is 1. The number of aromatic nitrogens is 5. The van der Waals surface area contributed by atoms with Crippen LogP contribution in [0.3, 0.4) is 0 Å². The average Bonchev–Trinajstić information content (AvgIpc) is 3.09. The fourth-order valence-electron chi connectivity index (χ4n) is 2.01. The molecule has 0 spiro atoms. The van der Waals surface area contributed by atoms with E-state index in [0.29, 0.717) is 10.3 Å². The van der Waals surface area contributed by atoms with Gasteiger partial charge in [0.2, 0.25) is 5.16 Å². The van der Waals surface area contributed by atoms with E-state index in [1.54, 1.807) is 0 Å². The lowest BCUT2D eigenvalue weighted by Gasteiger charge is -2.08. The van der Waals surface area contributed by atoms with Crippen molar-refractivity contribution < 1.29 is 13.2 Å². The summed E-state index contributed by atoms with van der Waals surface area (Å²) in [4.78, 5) is 4.38. The van der Waals surface area contributed by atoms with E-state index in [0.717, 1.165) is 42.7 Å². The van der Waals surface area contributed by atoms with Crippen LogP contribution in [0.25, 0.3) is 5.65 Å². The predicted molar refractivity (Wildman–Crippen MR) is 79.0 cm³/mol. The van der Waals surface area contributed by atoms with Gasteiger partial charge in [0, 0.05) is 12.1 Å². The van der Waals surface area contributed by atoms with Crippen molar-refractivity contribution in [3.05, 3.63) is 28.7 Å². The highest BCUT2D eigenvalue weighted by molar-refractivity contribution is 8.00. The van der Waals surface area contributed by atoms with Crippen molar-refractivity contribution in [3.8, 4) is 0 Å². The third-order valence-corrected chi connectivity index (χ3v) is 5.30. The van der Waals surface area contributed by atoms with Gasteiger partial charge in [-0.1, -0.05) is 11.6 Å². The Bertz CT molecular complexity index is 887. The first-order valence-corrected chi connectivity index (χ1v) is 8.51. The van der Waals surface area contributed by atoms with Gasteiger partial charge in [0.1, 0.15) is 5.82 Å². The van der Waals surface area contributed by atoms with Crippen LogP contribution < -0.4 is 0 Å². The molecule has 0 saturated heterocycles. The second-order valence-electron chi connectivity index (χ2n) is 5.05. The summed E-state index contributed by atoms with van der Waals surface area (Å²) in [6.07, 6.45) is -1.39. The lowest BCUT2D eigenvalue weighted by atomic mass is 10.3. The van der Waals surface area contributed by atoms with Gasteiger partial charge in [-0.2, -0.15) is 17.5 Å². The van der Waals surface area contributed by atoms with Gasteiger partial charge in [0.05, 0.1) is 10.6 Å². The van der Waals surface area contributed by atoms with E-state index in [-0.39, 0.29) is 15.8 Å². The van der Waals surface area contributed by atoms with Crippen LogP contribution in [-0.2, 0) is 6.18 Å². The highest BCUT2D eigenvalue weighted by Gasteiger charge is 2.32. The Morgan fingerprint density at radius 1 is 1.30 bits per heavy atom. The maximum absolute atomic E-state index is 12.9. The van der Waals surface area contributed by atoms with E-state index in [1.165, 1.54) is 15.9 Å². The Labute approximate surface area is 141 Å². The number of halogens is 4. The van der Waals surface area contributed by atoms with Crippen molar-refractivity contribution in [2.45, 2.75) is 34.4 Å². The highest BCUT2D eigenvalue weighted by atomic mass is 35.5. The summed E-state index contributed by atoms with van der Waals surface area (Å²) in [6, 6.07) is 0.843. The SMILES string of the molecule is FC(F)(F)c1cc(Cl)c2nnc(Sc3nc(C4CC4)ns3)n2c1. The van der Waals surface area contributed by atoms with Crippen molar-refractivity contribution in [2.24, 2.45) is 0 Å². The Balaban J connectivity index is 1.72. The molecule has 1 fully saturated rings. The summed E-state index contributed by atoms with van der Waals surface area (Å²) in [5.74, 6) is 1.21. The molecule has 0 amide bonds. The summed E-state index contributed by atoms with van der Waals surface area (Å²) < 4.78 is 44.9. The largest absolute Gasteiger partial charge is 0.417 e. The van der Waals surface area contributed by atoms with Crippen molar-refractivity contribution in [1.29, 1.82) is 0 Å². The topological polar surface area (TPSA) is 56.0 Å². The molecule has 0 atom stereocenters. The normalized spacial score (nSPS) is 15.5. The molecule has 3 heterocycles. The third-order valence-electron chi connectivity index (χ3n) is 3.30. The molecule has 11 heteroatoms. The van der Waals surface area contributed by atoms with Gasteiger partial charge in [-0.05, 0) is 42.2 Å². The van der Waals surface area contributed by atoms with E-state index >= 15 is 0 Å². The van der Waals surface area contributed by atoms with Gasteiger partial charge in [0.15, 0.2) is 9.99 Å². The molecule has 0 N–H and O–H groups in total. The van der Waals surface area contributed by atoms with Crippen LogP contribution in [0, 0.1) is 0 Å². The first-order valence-electron chi connectivity index (χ1n) is 6.55. The standard InChI is InChI=1S/C12H7ClF3N5S2/c13-7-3-6(12(14,15)16)4-21-9(7)18-19-10(21)22-11-17-8(20-23-11)5-1-2-5/h3-5H,1-2H2. The lowest BCUT2D eigenvalue weighted by molar-refractivity contribution is -0.137. The second-order valence-corrected chi connectivity index (χ2v) is 7.42. The third kappa shape index (κ3) is 2.90. The quantitative estimate of drug-likeness (QED) is 0.681. The van der Waals surface area contributed by atoms with Crippen molar-refractivity contribution in [3.63, 3.8) is 0 Å². The van der Waals surface area contributed by atoms with E-state index in [2.05, 4.69) is 19.6 Å². The first-order chi connectivity index (χ1) is 10.9. The second kappa shape index (κ2) is 5.32. The molecule has 23 heavy (non-hydrogen) atoms. The van der Waals surface area contributed by atoms with Crippen LogP contribution in [-0.4, -0.2) is 24.0 Å². The van der Waals surface area contributed by atoms with Gasteiger partial charge >= 0.3 is 6.18 Å². The summed E-state index contributed by atoms with van der Waals surface area (Å²) in [7, 11) is 0. The minimum atomic E-state index is -4.49. The fourth-order valence-corrected chi connectivity index (χ4v) is 3.85. The molecule has 1 aliphatic carbocycles. The smallest absolute Gasteiger partial charge is 0.275 e. The zero-order chi connectivity index (χ0) is 16.2. The number of rotatable bonds is 3. The summed E-state index contributed by atoms with van der Waals surface area (Å²) in [5, 5.41) is 7.92. The molecule has 4 rings (SSSR count). The Kier molecular flexibility index (Phi) is 3.50. The monoisotopic (exact) mass is 377 g/mol. The molecule has 120 valence electrons. The number of hydrogen-bond acceptors (Lipinski definition) is 6. The van der Waals surface area contributed by atoms with Crippen LogP contribution in [0.2, 0.25) is 5.02 Å². The van der Waals surface area contributed by atoms with Crippen LogP contribution in [0.5, 0.6) is 0 Å². The van der Waals surface area contributed by atoms with Crippen molar-refractivity contribution in [1.82, 2.24) is 24.0 Å². The van der Waals surface area contributed by atoms with Gasteiger partial charge < -0.3 is 0 Å². The van der Waals surface area contributed by atoms with Gasteiger partial charge in [0.25, 0.3) is 0 Å². The summed E-state index contributed by atoms with van der Waals surface area (Å²) in [6.45, 7) is 0. The van der Waals surface area contributed by atoms with Crippen molar-refractivity contribution in [2.75, 3.05) is 0 Å². The van der Waals surface area contributed by atoms with Crippen LogP contribution in [0.4, 0.5) is 13.2 Å². The number of hydrogen-bond donors (Lipinski definition) is 0. The van der Waals surface area contributed by atoms with Gasteiger partial charge in [-0.3, -0.25) is 4.40 Å². The van der Waals surface area contributed by atoms with Crippen molar-refractivity contribution >= 4 is 40.5 Å². The van der Waals surface area contributed by atoms with Crippen LogP contribution in [0.1, 0.15) is 30.1 Å². The zero-order valence-electron chi connectivity index (χ0n) is 11.2. The molecule has 1 aliphatic rings. The molecule has 0 radical (unpaired) electrons. The van der Waals surface area contributed by atoms with E-state index in [9.17, 15) is 13.2 Å². The van der Waals surface area contributed by atoms with E-state index in [4.69, 9.17) is 11.6 Å². The van der Waals surface area contributed by atoms with Gasteiger partial charge in [-0.25, -0.2) is 4.98 Å². The number of alkyl halides is 3. The molecule has 0 aromatic carbocycles. The fraction of sp³-hybridized carbons (Fsp3) is 0.333.